The van der Waals surface area contributed by atoms with E-state index in [0.717, 1.165) is 30.9 Å². The minimum absolute atomic E-state index is 0.154. The van der Waals surface area contributed by atoms with Crippen molar-refractivity contribution in [3.63, 3.8) is 0 Å². The summed E-state index contributed by atoms with van der Waals surface area (Å²) in [6, 6.07) is 10.3. The minimum Gasteiger partial charge on any atom is -0.394 e. The predicted molar refractivity (Wildman–Crippen MR) is 81.1 cm³/mol. The maximum atomic E-state index is 9.88. The molecule has 1 aromatic carbocycles. The first-order valence-electron chi connectivity index (χ1n) is 6.78. The van der Waals surface area contributed by atoms with Gasteiger partial charge in [0.25, 0.3) is 0 Å². The van der Waals surface area contributed by atoms with Crippen LogP contribution in [0.25, 0.3) is 0 Å². The number of hydrogen-bond donors (Lipinski definition) is 2. The van der Waals surface area contributed by atoms with Crippen LogP contribution in [-0.2, 0) is 5.54 Å². The highest BCUT2D eigenvalue weighted by Crippen LogP contribution is 2.26. The van der Waals surface area contributed by atoms with Crippen LogP contribution in [0.2, 0.25) is 0 Å². The Hall–Kier alpha value is -0.510. The predicted octanol–water partition coefficient (Wildman–Crippen LogP) is 3.02. The van der Waals surface area contributed by atoms with Gasteiger partial charge in [-0.3, -0.25) is 0 Å². The zero-order chi connectivity index (χ0) is 13.3. The van der Waals surface area contributed by atoms with E-state index in [-0.39, 0.29) is 12.1 Å². The quantitative estimate of drug-likeness (QED) is 0.675. The molecule has 0 aromatic heterocycles. The van der Waals surface area contributed by atoms with Crippen molar-refractivity contribution in [1.82, 2.24) is 5.32 Å². The van der Waals surface area contributed by atoms with Gasteiger partial charge in [0.2, 0.25) is 0 Å². The van der Waals surface area contributed by atoms with Crippen LogP contribution in [0.1, 0.15) is 32.3 Å². The highest BCUT2D eigenvalue weighted by molar-refractivity contribution is 7.99. The molecule has 0 radical (unpaired) electrons. The summed E-state index contributed by atoms with van der Waals surface area (Å²) < 4.78 is 0. The van der Waals surface area contributed by atoms with Gasteiger partial charge >= 0.3 is 0 Å². The SMILES string of the molecule is CCCNC(CO)(CCSCC)c1ccccc1. The molecule has 0 aliphatic heterocycles. The fraction of sp³-hybridized carbons (Fsp3) is 0.600. The van der Waals surface area contributed by atoms with Gasteiger partial charge in [-0.05, 0) is 36.5 Å². The molecular weight excluding hydrogens is 242 g/mol. The van der Waals surface area contributed by atoms with Gasteiger partial charge in [-0.1, -0.05) is 44.2 Å². The Morgan fingerprint density at radius 3 is 2.50 bits per heavy atom. The minimum atomic E-state index is -0.278. The Morgan fingerprint density at radius 2 is 1.94 bits per heavy atom. The number of aliphatic hydroxyl groups excluding tert-OH is 1. The average Bonchev–Trinajstić information content (AvgIpc) is 2.44. The number of thioether (sulfide) groups is 1. The largest absolute Gasteiger partial charge is 0.394 e. The van der Waals surface area contributed by atoms with Crippen LogP contribution >= 0.6 is 11.8 Å². The molecule has 0 fully saturated rings. The van der Waals surface area contributed by atoms with E-state index in [4.69, 9.17) is 0 Å². The lowest BCUT2D eigenvalue weighted by molar-refractivity contribution is 0.157. The van der Waals surface area contributed by atoms with Crippen molar-refractivity contribution in [3.8, 4) is 0 Å². The molecule has 1 aromatic rings. The van der Waals surface area contributed by atoms with Gasteiger partial charge in [-0.15, -0.1) is 0 Å². The normalized spacial score (nSPS) is 14.4. The number of hydrogen-bond acceptors (Lipinski definition) is 3. The van der Waals surface area contributed by atoms with Gasteiger partial charge in [0.1, 0.15) is 0 Å². The Morgan fingerprint density at radius 1 is 1.22 bits per heavy atom. The molecule has 102 valence electrons. The van der Waals surface area contributed by atoms with Crippen LogP contribution in [-0.4, -0.2) is 29.8 Å². The third-order valence-electron chi connectivity index (χ3n) is 3.19. The number of benzene rings is 1. The monoisotopic (exact) mass is 267 g/mol. The molecule has 0 heterocycles. The molecule has 0 spiro atoms. The van der Waals surface area contributed by atoms with E-state index in [9.17, 15) is 5.11 Å². The molecule has 1 rings (SSSR count). The van der Waals surface area contributed by atoms with Gasteiger partial charge in [-0.25, -0.2) is 0 Å². The van der Waals surface area contributed by atoms with Crippen molar-refractivity contribution in [1.29, 1.82) is 0 Å². The molecule has 0 amide bonds. The Bertz CT molecular complexity index is 318. The number of aliphatic hydroxyl groups is 1. The summed E-state index contributed by atoms with van der Waals surface area (Å²) in [5.74, 6) is 2.20. The van der Waals surface area contributed by atoms with Crippen molar-refractivity contribution in [2.75, 3.05) is 24.7 Å². The molecule has 1 unspecified atom stereocenters. The van der Waals surface area contributed by atoms with E-state index in [2.05, 4.69) is 31.3 Å². The summed E-state index contributed by atoms with van der Waals surface area (Å²) in [6.07, 6.45) is 2.04. The lowest BCUT2D eigenvalue weighted by atomic mass is 9.88. The van der Waals surface area contributed by atoms with Crippen molar-refractivity contribution in [2.45, 2.75) is 32.2 Å². The van der Waals surface area contributed by atoms with E-state index in [1.807, 2.05) is 30.0 Å². The second kappa shape index (κ2) is 8.57. The van der Waals surface area contributed by atoms with Gasteiger partial charge in [-0.2, -0.15) is 11.8 Å². The maximum absolute atomic E-state index is 9.88. The molecule has 1 atom stereocenters. The molecule has 0 bridgehead atoms. The van der Waals surface area contributed by atoms with Crippen LogP contribution in [0, 0.1) is 0 Å². The molecule has 2 nitrogen and oxygen atoms in total. The second-order valence-electron chi connectivity index (χ2n) is 4.48. The standard InChI is InChI=1S/C15H25NOS/c1-3-11-16-15(13-17,10-12-18-4-2)14-8-6-5-7-9-14/h5-9,16-17H,3-4,10-13H2,1-2H3. The molecule has 0 saturated heterocycles. The van der Waals surface area contributed by atoms with Crippen molar-refractivity contribution >= 4 is 11.8 Å². The van der Waals surface area contributed by atoms with Gasteiger partial charge in [0.05, 0.1) is 12.1 Å². The summed E-state index contributed by atoms with van der Waals surface area (Å²) in [5.41, 5.74) is 0.914. The molecule has 0 saturated carbocycles. The highest BCUT2D eigenvalue weighted by atomic mass is 32.2. The van der Waals surface area contributed by atoms with Crippen LogP contribution in [0.3, 0.4) is 0 Å². The first kappa shape index (κ1) is 15.5. The third-order valence-corrected chi connectivity index (χ3v) is 4.09. The average molecular weight is 267 g/mol. The third kappa shape index (κ3) is 4.30. The Balaban J connectivity index is 2.83. The second-order valence-corrected chi connectivity index (χ2v) is 5.87. The molecule has 0 aliphatic carbocycles. The summed E-state index contributed by atoms with van der Waals surface area (Å²) in [6.45, 7) is 5.42. The topological polar surface area (TPSA) is 32.3 Å². The summed E-state index contributed by atoms with van der Waals surface area (Å²) in [4.78, 5) is 0. The fourth-order valence-electron chi connectivity index (χ4n) is 2.07. The lowest BCUT2D eigenvalue weighted by Gasteiger charge is -2.34. The van der Waals surface area contributed by atoms with Gasteiger partial charge in [0, 0.05) is 0 Å². The Labute approximate surface area is 115 Å². The van der Waals surface area contributed by atoms with Crippen molar-refractivity contribution in [2.24, 2.45) is 0 Å². The molecule has 0 aliphatic rings. The number of nitrogens with one attached hydrogen (secondary N) is 1. The van der Waals surface area contributed by atoms with Crippen LogP contribution in [0.15, 0.2) is 30.3 Å². The van der Waals surface area contributed by atoms with Crippen molar-refractivity contribution in [3.05, 3.63) is 35.9 Å². The molecule has 2 N–H and O–H groups in total. The number of rotatable bonds is 9. The molecular formula is C15H25NOS. The van der Waals surface area contributed by atoms with Gasteiger partial charge in [0.15, 0.2) is 0 Å². The van der Waals surface area contributed by atoms with E-state index in [1.165, 1.54) is 5.56 Å². The first-order valence-corrected chi connectivity index (χ1v) is 7.93. The molecule has 3 heteroatoms. The van der Waals surface area contributed by atoms with Gasteiger partial charge < -0.3 is 10.4 Å². The van der Waals surface area contributed by atoms with Crippen LogP contribution in [0.5, 0.6) is 0 Å². The van der Waals surface area contributed by atoms with Crippen LogP contribution < -0.4 is 5.32 Å². The fourth-order valence-corrected chi connectivity index (χ4v) is 2.85. The Kier molecular flexibility index (Phi) is 7.40. The summed E-state index contributed by atoms with van der Waals surface area (Å²) in [5, 5.41) is 13.4. The summed E-state index contributed by atoms with van der Waals surface area (Å²) in [7, 11) is 0. The highest BCUT2D eigenvalue weighted by Gasteiger charge is 2.29. The van der Waals surface area contributed by atoms with Crippen LogP contribution in [0.4, 0.5) is 0 Å². The van der Waals surface area contributed by atoms with E-state index in [0.29, 0.717) is 0 Å². The van der Waals surface area contributed by atoms with Crippen molar-refractivity contribution < 1.29 is 5.11 Å². The molecule has 18 heavy (non-hydrogen) atoms. The maximum Gasteiger partial charge on any atom is 0.0677 e. The summed E-state index contributed by atoms with van der Waals surface area (Å²) >= 11 is 1.93. The first-order chi connectivity index (χ1) is 8.79. The zero-order valence-electron chi connectivity index (χ0n) is 11.5. The van der Waals surface area contributed by atoms with E-state index in [1.54, 1.807) is 0 Å². The zero-order valence-corrected chi connectivity index (χ0v) is 12.3. The smallest absolute Gasteiger partial charge is 0.0677 e. The van der Waals surface area contributed by atoms with E-state index < -0.39 is 0 Å². The lowest BCUT2D eigenvalue weighted by Crippen LogP contribution is -2.46. The van der Waals surface area contributed by atoms with E-state index >= 15 is 0 Å².